The summed E-state index contributed by atoms with van der Waals surface area (Å²) in [7, 11) is 0. The second-order valence-corrected chi connectivity index (χ2v) is 7.33. The lowest BCUT2D eigenvalue weighted by Gasteiger charge is -2.35. The minimum absolute atomic E-state index is 0.0314. The Morgan fingerprint density at radius 2 is 1.71 bits per heavy atom. The number of benzene rings is 2. The first-order chi connectivity index (χ1) is 13.5. The summed E-state index contributed by atoms with van der Waals surface area (Å²) in [6.07, 6.45) is 1.06. The normalized spacial score (nSPS) is 14.1. The lowest BCUT2D eigenvalue weighted by atomic mass is 10.1. The Bertz CT molecular complexity index is 832. The Labute approximate surface area is 170 Å². The molecule has 2 aromatic rings. The van der Waals surface area contributed by atoms with E-state index in [9.17, 15) is 9.59 Å². The molecule has 1 aliphatic rings. The number of aryl methyl sites for hydroxylation is 1. The SMILES string of the molecule is Cc1cccc(C(=O)N2CCN(C(=O)CCCOc3ccccc3Cl)CC2)c1. The Morgan fingerprint density at radius 3 is 2.43 bits per heavy atom. The lowest BCUT2D eigenvalue weighted by Crippen LogP contribution is -2.50. The molecule has 2 amide bonds. The van der Waals surface area contributed by atoms with Crippen molar-refractivity contribution in [1.29, 1.82) is 0 Å². The summed E-state index contributed by atoms with van der Waals surface area (Å²) < 4.78 is 5.63. The molecule has 0 atom stereocenters. The van der Waals surface area contributed by atoms with E-state index < -0.39 is 0 Å². The fourth-order valence-electron chi connectivity index (χ4n) is 3.25. The summed E-state index contributed by atoms with van der Waals surface area (Å²) in [6.45, 7) is 4.69. The Hall–Kier alpha value is -2.53. The van der Waals surface area contributed by atoms with E-state index in [4.69, 9.17) is 16.3 Å². The van der Waals surface area contributed by atoms with Gasteiger partial charge in [0.2, 0.25) is 5.91 Å². The van der Waals surface area contributed by atoms with Gasteiger partial charge in [0.15, 0.2) is 0 Å². The maximum Gasteiger partial charge on any atom is 0.253 e. The summed E-state index contributed by atoms with van der Waals surface area (Å²) in [5, 5.41) is 0.572. The second kappa shape index (κ2) is 9.60. The summed E-state index contributed by atoms with van der Waals surface area (Å²) in [6, 6.07) is 14.9. The number of rotatable bonds is 6. The van der Waals surface area contributed by atoms with Crippen LogP contribution in [0.15, 0.2) is 48.5 Å². The van der Waals surface area contributed by atoms with Crippen LogP contribution in [0.5, 0.6) is 5.75 Å². The average molecular weight is 401 g/mol. The van der Waals surface area contributed by atoms with Crippen molar-refractivity contribution in [3.05, 3.63) is 64.7 Å². The molecule has 0 saturated carbocycles. The smallest absolute Gasteiger partial charge is 0.253 e. The predicted octanol–water partition coefficient (Wildman–Crippen LogP) is 3.79. The first kappa shape index (κ1) is 20.2. The van der Waals surface area contributed by atoms with E-state index in [0.717, 1.165) is 5.56 Å². The van der Waals surface area contributed by atoms with Crippen LogP contribution in [-0.2, 0) is 4.79 Å². The summed E-state index contributed by atoms with van der Waals surface area (Å²) in [5.74, 6) is 0.772. The zero-order chi connectivity index (χ0) is 19.9. The summed E-state index contributed by atoms with van der Waals surface area (Å²) in [4.78, 5) is 28.7. The van der Waals surface area contributed by atoms with Gasteiger partial charge in [0.25, 0.3) is 5.91 Å². The van der Waals surface area contributed by atoms with E-state index in [2.05, 4.69) is 0 Å². The standard InChI is InChI=1S/C22H25ClN2O3/c1-17-6-4-7-18(16-17)22(27)25-13-11-24(12-14-25)21(26)10-5-15-28-20-9-3-2-8-19(20)23/h2-4,6-9,16H,5,10-15H2,1H3. The molecule has 5 nitrogen and oxygen atoms in total. The van der Waals surface area contributed by atoms with E-state index in [1.165, 1.54) is 0 Å². The fourth-order valence-corrected chi connectivity index (χ4v) is 3.44. The van der Waals surface area contributed by atoms with Crippen molar-refractivity contribution in [1.82, 2.24) is 9.80 Å². The van der Waals surface area contributed by atoms with Crippen molar-refractivity contribution in [3.8, 4) is 5.75 Å². The first-order valence-corrected chi connectivity index (χ1v) is 9.93. The van der Waals surface area contributed by atoms with Crippen LogP contribution < -0.4 is 4.74 Å². The molecule has 3 rings (SSSR count). The van der Waals surface area contributed by atoms with Crippen LogP contribution in [0.1, 0.15) is 28.8 Å². The average Bonchev–Trinajstić information content (AvgIpc) is 2.72. The van der Waals surface area contributed by atoms with E-state index >= 15 is 0 Å². The molecule has 0 spiro atoms. The van der Waals surface area contributed by atoms with Gasteiger partial charge in [0.05, 0.1) is 11.6 Å². The summed E-state index contributed by atoms with van der Waals surface area (Å²) in [5.41, 5.74) is 1.77. The Morgan fingerprint density at radius 1 is 1.00 bits per heavy atom. The maximum atomic E-state index is 12.6. The van der Waals surface area contributed by atoms with Crippen LogP contribution in [0.25, 0.3) is 0 Å². The van der Waals surface area contributed by atoms with E-state index in [0.29, 0.717) is 62.0 Å². The number of amides is 2. The van der Waals surface area contributed by atoms with Crippen LogP contribution in [0.2, 0.25) is 5.02 Å². The van der Waals surface area contributed by atoms with Gasteiger partial charge in [0, 0.05) is 38.2 Å². The molecule has 1 aliphatic heterocycles. The molecule has 1 saturated heterocycles. The molecule has 0 radical (unpaired) electrons. The second-order valence-electron chi connectivity index (χ2n) is 6.92. The first-order valence-electron chi connectivity index (χ1n) is 9.55. The van der Waals surface area contributed by atoms with Crippen molar-refractivity contribution < 1.29 is 14.3 Å². The molecule has 148 valence electrons. The number of para-hydroxylation sites is 1. The van der Waals surface area contributed by atoms with Gasteiger partial charge in [0.1, 0.15) is 5.75 Å². The van der Waals surface area contributed by atoms with Crippen molar-refractivity contribution >= 4 is 23.4 Å². The molecule has 6 heteroatoms. The molecule has 28 heavy (non-hydrogen) atoms. The molecule has 2 aromatic carbocycles. The fraction of sp³-hybridized carbons (Fsp3) is 0.364. The zero-order valence-electron chi connectivity index (χ0n) is 16.1. The molecule has 0 aliphatic carbocycles. The van der Waals surface area contributed by atoms with Gasteiger partial charge in [-0.1, -0.05) is 41.4 Å². The van der Waals surface area contributed by atoms with Gasteiger partial charge in [-0.25, -0.2) is 0 Å². The monoisotopic (exact) mass is 400 g/mol. The van der Waals surface area contributed by atoms with Gasteiger partial charge < -0.3 is 14.5 Å². The number of hydrogen-bond donors (Lipinski definition) is 0. The van der Waals surface area contributed by atoms with Crippen LogP contribution in [-0.4, -0.2) is 54.4 Å². The number of halogens is 1. The van der Waals surface area contributed by atoms with Gasteiger partial charge in [-0.05, 0) is 37.6 Å². The molecule has 0 bridgehead atoms. The highest BCUT2D eigenvalue weighted by Gasteiger charge is 2.24. The van der Waals surface area contributed by atoms with Crippen LogP contribution >= 0.6 is 11.6 Å². The third kappa shape index (κ3) is 5.26. The molecule has 0 aromatic heterocycles. The highest BCUT2D eigenvalue weighted by Crippen LogP contribution is 2.23. The minimum atomic E-state index is 0.0314. The van der Waals surface area contributed by atoms with Gasteiger partial charge >= 0.3 is 0 Å². The van der Waals surface area contributed by atoms with Crippen LogP contribution in [0, 0.1) is 6.92 Å². The quantitative estimate of drug-likeness (QED) is 0.693. The topological polar surface area (TPSA) is 49.9 Å². The predicted molar refractivity (Wildman–Crippen MR) is 110 cm³/mol. The van der Waals surface area contributed by atoms with Crippen molar-refractivity contribution in [2.45, 2.75) is 19.8 Å². The molecule has 1 heterocycles. The minimum Gasteiger partial charge on any atom is -0.492 e. The third-order valence-corrected chi connectivity index (χ3v) is 5.13. The lowest BCUT2D eigenvalue weighted by molar-refractivity contribution is -0.132. The molecule has 0 unspecified atom stereocenters. The third-order valence-electron chi connectivity index (χ3n) is 4.81. The van der Waals surface area contributed by atoms with Crippen molar-refractivity contribution in [2.75, 3.05) is 32.8 Å². The van der Waals surface area contributed by atoms with E-state index in [1.54, 1.807) is 6.07 Å². The number of ether oxygens (including phenoxy) is 1. The Balaban J connectivity index is 1.40. The summed E-state index contributed by atoms with van der Waals surface area (Å²) >= 11 is 6.05. The highest BCUT2D eigenvalue weighted by molar-refractivity contribution is 6.32. The largest absolute Gasteiger partial charge is 0.492 e. The molecule has 0 N–H and O–H groups in total. The van der Waals surface area contributed by atoms with E-state index in [1.807, 2.05) is 59.2 Å². The zero-order valence-corrected chi connectivity index (χ0v) is 16.8. The number of carbonyl (C=O) groups is 2. The number of piperazine rings is 1. The molecular formula is C22H25ClN2O3. The Kier molecular flexibility index (Phi) is 6.93. The number of hydrogen-bond acceptors (Lipinski definition) is 3. The number of carbonyl (C=O) groups excluding carboxylic acids is 2. The van der Waals surface area contributed by atoms with Gasteiger partial charge in [-0.2, -0.15) is 0 Å². The maximum absolute atomic E-state index is 12.6. The van der Waals surface area contributed by atoms with Crippen LogP contribution in [0.3, 0.4) is 0 Å². The number of nitrogens with zero attached hydrogens (tertiary/aromatic N) is 2. The highest BCUT2D eigenvalue weighted by atomic mass is 35.5. The van der Waals surface area contributed by atoms with E-state index in [-0.39, 0.29) is 11.8 Å². The van der Waals surface area contributed by atoms with Crippen molar-refractivity contribution in [2.24, 2.45) is 0 Å². The molecular weight excluding hydrogens is 376 g/mol. The van der Waals surface area contributed by atoms with Crippen LogP contribution in [0.4, 0.5) is 0 Å². The van der Waals surface area contributed by atoms with Crippen molar-refractivity contribution in [3.63, 3.8) is 0 Å². The van der Waals surface area contributed by atoms with Gasteiger partial charge in [-0.3, -0.25) is 9.59 Å². The van der Waals surface area contributed by atoms with Gasteiger partial charge in [-0.15, -0.1) is 0 Å². The molecule has 1 fully saturated rings.